The molecule has 2 amide bonds. The Balaban J connectivity index is 1.52. The van der Waals surface area contributed by atoms with Gasteiger partial charge in [0, 0.05) is 17.1 Å². The number of fused-ring (bicyclic) bond motifs is 1. The van der Waals surface area contributed by atoms with Crippen LogP contribution in [0.4, 0.5) is 5.69 Å². The maximum Gasteiger partial charge on any atom is 0.253 e. The zero-order chi connectivity index (χ0) is 19.7. The van der Waals surface area contributed by atoms with Crippen LogP contribution in [0.3, 0.4) is 0 Å². The molecule has 3 aromatic rings. The van der Waals surface area contributed by atoms with Gasteiger partial charge in [0.1, 0.15) is 6.54 Å². The molecular weight excluding hydrogens is 380 g/mol. The number of hydrogen-bond acceptors (Lipinski definition) is 4. The number of halogens is 1. The van der Waals surface area contributed by atoms with E-state index in [0.717, 1.165) is 12.8 Å². The first-order valence-corrected chi connectivity index (χ1v) is 9.24. The van der Waals surface area contributed by atoms with Crippen LogP contribution in [-0.4, -0.2) is 27.6 Å². The largest absolute Gasteiger partial charge is 0.349 e. The molecule has 4 rings (SSSR count). The fourth-order valence-electron chi connectivity index (χ4n) is 2.89. The van der Waals surface area contributed by atoms with Gasteiger partial charge in [0.15, 0.2) is 0 Å². The van der Waals surface area contributed by atoms with Gasteiger partial charge in [-0.25, -0.2) is 0 Å². The number of carbonyl (C=O) groups is 2. The molecule has 0 spiro atoms. The van der Waals surface area contributed by atoms with Crippen LogP contribution in [0.1, 0.15) is 23.2 Å². The molecular formula is C20H17ClN4O3. The van der Waals surface area contributed by atoms with Crippen molar-refractivity contribution in [2.75, 3.05) is 5.32 Å². The Bertz CT molecular complexity index is 1140. The van der Waals surface area contributed by atoms with E-state index in [1.165, 1.54) is 10.9 Å². The molecule has 0 atom stereocenters. The predicted molar refractivity (Wildman–Crippen MR) is 107 cm³/mol. The fourth-order valence-corrected chi connectivity index (χ4v) is 3.09. The highest BCUT2D eigenvalue weighted by Crippen LogP contribution is 2.24. The van der Waals surface area contributed by atoms with E-state index in [9.17, 15) is 14.4 Å². The maximum atomic E-state index is 12.5. The normalized spacial score (nSPS) is 13.3. The van der Waals surface area contributed by atoms with E-state index in [1.54, 1.807) is 42.5 Å². The highest BCUT2D eigenvalue weighted by molar-refractivity contribution is 6.34. The summed E-state index contributed by atoms with van der Waals surface area (Å²) in [6.07, 6.45) is 3.14. The summed E-state index contributed by atoms with van der Waals surface area (Å²) < 4.78 is 1.46. The van der Waals surface area contributed by atoms with Crippen LogP contribution in [0.25, 0.3) is 10.9 Å². The van der Waals surface area contributed by atoms with Gasteiger partial charge in [-0.15, -0.1) is 0 Å². The van der Waals surface area contributed by atoms with Crippen molar-refractivity contribution in [1.29, 1.82) is 0 Å². The van der Waals surface area contributed by atoms with Gasteiger partial charge < -0.3 is 10.6 Å². The molecule has 1 heterocycles. The van der Waals surface area contributed by atoms with Crippen LogP contribution in [-0.2, 0) is 11.3 Å². The van der Waals surface area contributed by atoms with Crippen molar-refractivity contribution in [3.63, 3.8) is 0 Å². The Hall–Kier alpha value is -3.19. The summed E-state index contributed by atoms with van der Waals surface area (Å²) in [5.74, 6) is -0.589. The highest BCUT2D eigenvalue weighted by atomic mass is 35.5. The molecule has 8 heteroatoms. The van der Waals surface area contributed by atoms with Crippen molar-refractivity contribution in [2.45, 2.75) is 25.4 Å². The minimum atomic E-state index is -0.336. The molecule has 0 radical (unpaired) electrons. The van der Waals surface area contributed by atoms with Gasteiger partial charge in [-0.2, -0.15) is 5.10 Å². The molecule has 1 saturated carbocycles. The Labute approximate surface area is 165 Å². The molecule has 0 aliphatic heterocycles. The fraction of sp³-hybridized carbons (Fsp3) is 0.200. The van der Waals surface area contributed by atoms with Crippen molar-refractivity contribution in [2.24, 2.45) is 0 Å². The number of anilines is 1. The third-order valence-electron chi connectivity index (χ3n) is 4.46. The van der Waals surface area contributed by atoms with Gasteiger partial charge in [0.05, 0.1) is 22.3 Å². The van der Waals surface area contributed by atoms with E-state index >= 15 is 0 Å². The van der Waals surface area contributed by atoms with Gasteiger partial charge in [-0.3, -0.25) is 19.1 Å². The molecule has 1 fully saturated rings. The van der Waals surface area contributed by atoms with Crippen LogP contribution in [0.15, 0.2) is 53.5 Å². The Kier molecular flexibility index (Phi) is 4.83. The SMILES string of the molecule is O=C(Cn1ncc(=O)c2ccccc21)Nc1ccc(Cl)c(C(=O)NC2CC2)c1. The first-order valence-electron chi connectivity index (χ1n) is 8.86. The van der Waals surface area contributed by atoms with Crippen LogP contribution >= 0.6 is 11.6 Å². The topological polar surface area (TPSA) is 93.1 Å². The second-order valence-corrected chi connectivity index (χ2v) is 7.08. The van der Waals surface area contributed by atoms with Gasteiger partial charge in [-0.05, 0) is 43.2 Å². The number of benzene rings is 2. The van der Waals surface area contributed by atoms with Crippen LogP contribution < -0.4 is 16.1 Å². The zero-order valence-electron chi connectivity index (χ0n) is 14.8. The van der Waals surface area contributed by atoms with Crippen molar-refractivity contribution in [3.8, 4) is 0 Å². The summed E-state index contributed by atoms with van der Waals surface area (Å²) in [5, 5.41) is 10.5. The third kappa shape index (κ3) is 3.89. The first-order chi connectivity index (χ1) is 13.5. The lowest BCUT2D eigenvalue weighted by Gasteiger charge is -2.11. The second kappa shape index (κ2) is 7.44. The molecule has 2 aromatic carbocycles. The van der Waals surface area contributed by atoms with Crippen molar-refractivity contribution in [3.05, 3.63) is 69.5 Å². The van der Waals surface area contributed by atoms with Crippen LogP contribution in [0, 0.1) is 0 Å². The third-order valence-corrected chi connectivity index (χ3v) is 4.79. The minimum absolute atomic E-state index is 0.0764. The number of carbonyl (C=O) groups excluding carboxylic acids is 2. The second-order valence-electron chi connectivity index (χ2n) is 6.67. The summed E-state index contributed by atoms with van der Waals surface area (Å²) in [6.45, 7) is -0.0764. The lowest BCUT2D eigenvalue weighted by atomic mass is 10.2. The maximum absolute atomic E-state index is 12.5. The van der Waals surface area contributed by atoms with Crippen molar-refractivity contribution < 1.29 is 9.59 Å². The molecule has 142 valence electrons. The minimum Gasteiger partial charge on any atom is -0.349 e. The summed E-state index contributed by atoms with van der Waals surface area (Å²) >= 11 is 6.12. The average Bonchev–Trinajstić information content (AvgIpc) is 3.50. The Morgan fingerprint density at radius 1 is 1.18 bits per heavy atom. The van der Waals surface area contributed by atoms with Crippen LogP contribution in [0.2, 0.25) is 5.02 Å². The van der Waals surface area contributed by atoms with Crippen LogP contribution in [0.5, 0.6) is 0 Å². The predicted octanol–water partition coefficient (Wildman–Crippen LogP) is 2.58. The number of rotatable bonds is 5. The molecule has 1 aliphatic carbocycles. The average molecular weight is 397 g/mol. The number of nitrogens with zero attached hydrogens (tertiary/aromatic N) is 2. The molecule has 1 aromatic heterocycles. The highest BCUT2D eigenvalue weighted by Gasteiger charge is 2.25. The molecule has 0 saturated heterocycles. The van der Waals surface area contributed by atoms with Gasteiger partial charge >= 0.3 is 0 Å². The summed E-state index contributed by atoms with van der Waals surface area (Å²) in [5.41, 5.74) is 1.15. The van der Waals surface area contributed by atoms with E-state index in [2.05, 4.69) is 15.7 Å². The van der Waals surface area contributed by atoms with E-state index in [4.69, 9.17) is 11.6 Å². The number of para-hydroxylation sites is 1. The Morgan fingerprint density at radius 2 is 1.96 bits per heavy atom. The number of nitrogens with one attached hydrogen (secondary N) is 2. The summed E-state index contributed by atoms with van der Waals surface area (Å²) in [6, 6.07) is 11.9. The molecule has 7 nitrogen and oxygen atoms in total. The molecule has 0 unspecified atom stereocenters. The van der Waals surface area contributed by atoms with E-state index in [-0.39, 0.29) is 29.8 Å². The monoisotopic (exact) mass is 396 g/mol. The van der Waals surface area contributed by atoms with Gasteiger partial charge in [-0.1, -0.05) is 23.7 Å². The van der Waals surface area contributed by atoms with Gasteiger partial charge in [0.25, 0.3) is 5.91 Å². The number of hydrogen-bond donors (Lipinski definition) is 2. The first kappa shape index (κ1) is 18.2. The quantitative estimate of drug-likeness (QED) is 0.693. The Morgan fingerprint density at radius 3 is 2.75 bits per heavy atom. The molecule has 28 heavy (non-hydrogen) atoms. The lowest BCUT2D eigenvalue weighted by molar-refractivity contribution is -0.116. The number of aromatic nitrogens is 2. The molecule has 2 N–H and O–H groups in total. The van der Waals surface area contributed by atoms with Crippen molar-refractivity contribution in [1.82, 2.24) is 15.1 Å². The zero-order valence-corrected chi connectivity index (χ0v) is 15.6. The smallest absolute Gasteiger partial charge is 0.253 e. The summed E-state index contributed by atoms with van der Waals surface area (Å²) in [7, 11) is 0. The van der Waals surface area contributed by atoms with E-state index < -0.39 is 0 Å². The summed E-state index contributed by atoms with van der Waals surface area (Å²) in [4.78, 5) is 36.6. The molecule has 0 bridgehead atoms. The van der Waals surface area contributed by atoms with Gasteiger partial charge in [0.2, 0.25) is 11.3 Å². The van der Waals surface area contributed by atoms with E-state index in [0.29, 0.717) is 27.2 Å². The number of amides is 2. The van der Waals surface area contributed by atoms with Crippen molar-refractivity contribution >= 4 is 40.0 Å². The molecule has 1 aliphatic rings. The standard InChI is InChI=1S/C20H17ClN4O3/c21-16-8-7-13(9-15(16)20(28)24-12-5-6-12)23-19(27)11-25-17-4-2-1-3-14(17)18(26)10-22-25/h1-4,7-10,12H,5-6,11H2,(H,23,27)(H,24,28). The lowest BCUT2D eigenvalue weighted by Crippen LogP contribution is -2.26. The van der Waals surface area contributed by atoms with E-state index in [1.807, 2.05) is 0 Å².